The van der Waals surface area contributed by atoms with E-state index in [4.69, 9.17) is 28.5 Å². The van der Waals surface area contributed by atoms with Crippen molar-refractivity contribution in [1.29, 1.82) is 5.26 Å². The number of hydrogen-bond acceptors (Lipinski definition) is 4. The second-order valence-electron chi connectivity index (χ2n) is 5.10. The highest BCUT2D eigenvalue weighted by Crippen LogP contribution is 2.27. The molecular formula is C13H16Cl2N4. The summed E-state index contributed by atoms with van der Waals surface area (Å²) >= 11 is 12.0. The molecule has 1 aliphatic rings. The van der Waals surface area contributed by atoms with Crippen molar-refractivity contribution in [1.82, 2.24) is 9.88 Å². The van der Waals surface area contributed by atoms with Gasteiger partial charge in [-0.05, 0) is 19.9 Å². The van der Waals surface area contributed by atoms with E-state index in [9.17, 15) is 0 Å². The number of piperazine rings is 1. The average Bonchev–Trinajstić information content (AvgIpc) is 2.39. The van der Waals surface area contributed by atoms with Crippen LogP contribution in [0.25, 0.3) is 0 Å². The van der Waals surface area contributed by atoms with Crippen LogP contribution in [0.4, 0.5) is 5.82 Å². The summed E-state index contributed by atoms with van der Waals surface area (Å²) < 4.78 is 0. The molecule has 2 heterocycles. The van der Waals surface area contributed by atoms with Crippen molar-refractivity contribution in [2.24, 2.45) is 0 Å². The molecule has 0 spiro atoms. The van der Waals surface area contributed by atoms with E-state index < -0.39 is 5.54 Å². The second-order valence-corrected chi connectivity index (χ2v) is 5.95. The van der Waals surface area contributed by atoms with E-state index in [0.717, 1.165) is 32.0 Å². The van der Waals surface area contributed by atoms with Gasteiger partial charge >= 0.3 is 0 Å². The van der Waals surface area contributed by atoms with Gasteiger partial charge in [-0.3, -0.25) is 4.90 Å². The Kier molecular flexibility index (Phi) is 4.19. The van der Waals surface area contributed by atoms with Gasteiger partial charge in [-0.2, -0.15) is 5.26 Å². The number of aromatic nitrogens is 1. The van der Waals surface area contributed by atoms with E-state index in [1.165, 1.54) is 0 Å². The molecule has 4 nitrogen and oxygen atoms in total. The minimum absolute atomic E-state index is 0.427. The van der Waals surface area contributed by atoms with Gasteiger partial charge in [0.2, 0.25) is 0 Å². The lowest BCUT2D eigenvalue weighted by molar-refractivity contribution is 0.158. The third-order valence-corrected chi connectivity index (χ3v) is 3.92. The predicted octanol–water partition coefficient (Wildman–Crippen LogP) is 2.81. The van der Waals surface area contributed by atoms with Crippen molar-refractivity contribution < 1.29 is 0 Å². The first kappa shape index (κ1) is 14.4. The zero-order chi connectivity index (χ0) is 14.0. The Hall–Kier alpha value is -1.02. The van der Waals surface area contributed by atoms with Crippen LogP contribution in [0.15, 0.2) is 12.3 Å². The van der Waals surface area contributed by atoms with Crippen LogP contribution >= 0.6 is 23.2 Å². The quantitative estimate of drug-likeness (QED) is 0.842. The van der Waals surface area contributed by atoms with E-state index in [0.29, 0.717) is 10.0 Å². The number of halogens is 2. The summed E-state index contributed by atoms with van der Waals surface area (Å²) in [6, 6.07) is 4.04. The van der Waals surface area contributed by atoms with Gasteiger partial charge in [-0.25, -0.2) is 4.98 Å². The van der Waals surface area contributed by atoms with Gasteiger partial charge < -0.3 is 4.90 Å². The molecule has 1 aromatic heterocycles. The van der Waals surface area contributed by atoms with Gasteiger partial charge in [0, 0.05) is 32.4 Å². The monoisotopic (exact) mass is 298 g/mol. The van der Waals surface area contributed by atoms with Crippen molar-refractivity contribution >= 4 is 29.0 Å². The Balaban J connectivity index is 2.06. The Morgan fingerprint density at radius 2 is 1.89 bits per heavy atom. The van der Waals surface area contributed by atoms with Crippen LogP contribution in [0.1, 0.15) is 13.8 Å². The molecule has 6 heteroatoms. The highest BCUT2D eigenvalue weighted by molar-refractivity contribution is 6.36. The summed E-state index contributed by atoms with van der Waals surface area (Å²) in [5.41, 5.74) is -0.427. The highest BCUT2D eigenvalue weighted by atomic mass is 35.5. The summed E-state index contributed by atoms with van der Waals surface area (Å²) in [6.07, 6.45) is 1.61. The molecule has 0 unspecified atom stereocenters. The topological polar surface area (TPSA) is 43.2 Å². The van der Waals surface area contributed by atoms with Crippen LogP contribution in [-0.2, 0) is 0 Å². The Morgan fingerprint density at radius 3 is 2.42 bits per heavy atom. The first-order valence-corrected chi connectivity index (χ1v) is 6.92. The van der Waals surface area contributed by atoms with Crippen molar-refractivity contribution in [2.75, 3.05) is 31.1 Å². The average molecular weight is 299 g/mol. The van der Waals surface area contributed by atoms with E-state index in [1.807, 2.05) is 13.8 Å². The minimum atomic E-state index is -0.427. The SMILES string of the molecule is CC(C)(C#N)N1CCN(c2ncc(Cl)cc2Cl)CC1. The maximum absolute atomic E-state index is 9.15. The molecule has 1 saturated heterocycles. The number of anilines is 1. The van der Waals surface area contributed by atoms with Crippen LogP contribution in [0.5, 0.6) is 0 Å². The lowest BCUT2D eigenvalue weighted by Gasteiger charge is -2.41. The maximum atomic E-state index is 9.15. The van der Waals surface area contributed by atoms with Crippen LogP contribution in [0.3, 0.4) is 0 Å². The molecular weight excluding hydrogens is 283 g/mol. The number of nitriles is 1. The van der Waals surface area contributed by atoms with Crippen LogP contribution in [0.2, 0.25) is 10.0 Å². The Bertz CT molecular complexity index is 502. The molecule has 0 N–H and O–H groups in total. The van der Waals surface area contributed by atoms with Crippen LogP contribution < -0.4 is 4.90 Å². The lowest BCUT2D eigenvalue weighted by Crippen LogP contribution is -2.54. The summed E-state index contributed by atoms with van der Waals surface area (Å²) in [7, 11) is 0. The van der Waals surface area contributed by atoms with Crippen molar-refractivity contribution in [3.05, 3.63) is 22.3 Å². The fraction of sp³-hybridized carbons (Fsp3) is 0.538. The van der Waals surface area contributed by atoms with Crippen LogP contribution in [-0.4, -0.2) is 41.6 Å². The second kappa shape index (κ2) is 5.54. The highest BCUT2D eigenvalue weighted by Gasteiger charge is 2.30. The van der Waals surface area contributed by atoms with Gasteiger partial charge in [-0.1, -0.05) is 23.2 Å². The lowest BCUT2D eigenvalue weighted by atomic mass is 10.0. The van der Waals surface area contributed by atoms with Crippen molar-refractivity contribution in [2.45, 2.75) is 19.4 Å². The normalized spacial score (nSPS) is 17.3. The summed E-state index contributed by atoms with van der Waals surface area (Å²) in [5, 5.41) is 10.3. The third kappa shape index (κ3) is 3.11. The number of nitrogens with zero attached hydrogens (tertiary/aromatic N) is 4. The van der Waals surface area contributed by atoms with Gasteiger partial charge in [0.1, 0.15) is 11.4 Å². The predicted molar refractivity (Wildman–Crippen MR) is 77.7 cm³/mol. The molecule has 0 radical (unpaired) electrons. The fourth-order valence-electron chi connectivity index (χ4n) is 2.19. The minimum Gasteiger partial charge on any atom is -0.353 e. The number of hydrogen-bond donors (Lipinski definition) is 0. The molecule has 1 aliphatic heterocycles. The van der Waals surface area contributed by atoms with Crippen molar-refractivity contribution in [3.8, 4) is 6.07 Å². The molecule has 0 aromatic carbocycles. The third-order valence-electron chi connectivity index (χ3n) is 3.43. The van der Waals surface area contributed by atoms with E-state index in [-0.39, 0.29) is 0 Å². The van der Waals surface area contributed by atoms with E-state index in [2.05, 4.69) is 20.9 Å². The Morgan fingerprint density at radius 1 is 1.26 bits per heavy atom. The largest absolute Gasteiger partial charge is 0.353 e. The smallest absolute Gasteiger partial charge is 0.147 e. The van der Waals surface area contributed by atoms with Gasteiger partial charge in [0.15, 0.2) is 0 Å². The molecule has 102 valence electrons. The zero-order valence-electron chi connectivity index (χ0n) is 11.0. The maximum Gasteiger partial charge on any atom is 0.147 e. The molecule has 2 rings (SSSR count). The molecule has 0 atom stereocenters. The van der Waals surface area contributed by atoms with E-state index in [1.54, 1.807) is 12.3 Å². The molecule has 1 aromatic rings. The number of pyridine rings is 1. The van der Waals surface area contributed by atoms with Crippen molar-refractivity contribution in [3.63, 3.8) is 0 Å². The molecule has 0 saturated carbocycles. The summed E-state index contributed by atoms with van der Waals surface area (Å²) in [4.78, 5) is 8.59. The van der Waals surface area contributed by atoms with E-state index >= 15 is 0 Å². The molecule has 19 heavy (non-hydrogen) atoms. The zero-order valence-corrected chi connectivity index (χ0v) is 12.5. The first-order chi connectivity index (χ1) is 8.94. The summed E-state index contributed by atoms with van der Waals surface area (Å²) in [5.74, 6) is 0.764. The van der Waals surface area contributed by atoms with Gasteiger partial charge in [0.25, 0.3) is 0 Å². The first-order valence-electron chi connectivity index (χ1n) is 6.16. The standard InChI is InChI=1S/C13H16Cl2N4/c1-13(2,9-16)19-5-3-18(4-6-19)12-11(15)7-10(14)8-17-12/h7-8H,3-6H2,1-2H3. The molecule has 0 aliphatic carbocycles. The molecule has 0 bridgehead atoms. The fourth-order valence-corrected chi connectivity index (χ4v) is 2.69. The van der Waals surface area contributed by atoms with Crippen LogP contribution in [0, 0.1) is 11.3 Å². The summed E-state index contributed by atoms with van der Waals surface area (Å²) in [6.45, 7) is 7.13. The molecule has 1 fully saturated rings. The molecule has 0 amide bonds. The Labute approximate surface area is 123 Å². The number of rotatable bonds is 2. The van der Waals surface area contributed by atoms with Gasteiger partial charge in [-0.15, -0.1) is 0 Å². The van der Waals surface area contributed by atoms with Gasteiger partial charge in [0.05, 0.1) is 16.1 Å².